The van der Waals surface area contributed by atoms with E-state index in [0.29, 0.717) is 13.1 Å². The summed E-state index contributed by atoms with van der Waals surface area (Å²) in [7, 11) is 2.64. The summed E-state index contributed by atoms with van der Waals surface area (Å²) in [5.41, 5.74) is 1.85. The molecule has 0 saturated carbocycles. The first-order valence-corrected chi connectivity index (χ1v) is 19.9. The number of urea groups is 2. The molecule has 58 heavy (non-hydrogen) atoms. The number of carbonyl (C=O) groups is 4. The summed E-state index contributed by atoms with van der Waals surface area (Å²) in [6.07, 6.45) is 3.68. The highest BCUT2D eigenvalue weighted by molar-refractivity contribution is 6.24. The van der Waals surface area contributed by atoms with Crippen molar-refractivity contribution in [2.24, 2.45) is 0 Å². The van der Waals surface area contributed by atoms with E-state index in [0.717, 1.165) is 58.4 Å². The number of amides is 4. The molecule has 0 aliphatic carbocycles. The van der Waals surface area contributed by atoms with Crippen LogP contribution in [0.15, 0.2) is 109 Å². The van der Waals surface area contributed by atoms with Gasteiger partial charge in [0.05, 0.1) is 14.2 Å². The van der Waals surface area contributed by atoms with Crippen LogP contribution in [0.4, 0.5) is 9.59 Å². The highest BCUT2D eigenvalue weighted by Crippen LogP contribution is 2.37. The number of esters is 2. The minimum atomic E-state index is -0.851. The molecule has 0 unspecified atom stereocenters. The lowest BCUT2D eigenvalue weighted by molar-refractivity contribution is -0.143. The SMILES string of the molecule is COC(=O)[C@H](Cc1cc2ccc3cccc4ccc(c1)c2c34)NC(=O)NCCCCCCNC(=O)N[C@@H](Cc1cc2ccc3cccc4ccc(c1)c2c34)C(=O)OC. The van der Waals surface area contributed by atoms with Crippen LogP contribution in [0.2, 0.25) is 0 Å². The Hall–Kier alpha value is -6.68. The Labute approximate surface area is 335 Å². The van der Waals surface area contributed by atoms with Gasteiger partial charge in [0.2, 0.25) is 0 Å². The van der Waals surface area contributed by atoms with Crippen molar-refractivity contribution in [3.05, 3.63) is 120 Å². The second-order valence-corrected chi connectivity index (χ2v) is 15.0. The predicted octanol–water partition coefficient (Wildman–Crippen LogP) is 8.51. The van der Waals surface area contributed by atoms with Crippen LogP contribution in [0.1, 0.15) is 36.8 Å². The standard InChI is InChI=1S/C48H46N4O6/c1-57-45(53)39(27-29-23-35-17-13-31-9-7-10-32-14-18-36(24-29)43(35)41(31)32)51-47(55)49-21-5-3-4-6-22-50-48(56)52-40(46(54)58-2)28-30-25-37-19-15-33-11-8-12-34-16-20-38(26-30)44(37)42(33)34/h7-20,23-26,39-40H,3-6,21-22,27-28H2,1-2H3,(H2,49,51,55)(H2,50,52,56)/t39-,40-/m0/s1. The van der Waals surface area contributed by atoms with E-state index in [2.05, 4.69) is 130 Å². The van der Waals surface area contributed by atoms with Crippen molar-refractivity contribution >= 4 is 88.6 Å². The van der Waals surface area contributed by atoms with Gasteiger partial charge in [0.25, 0.3) is 0 Å². The fourth-order valence-corrected chi connectivity index (χ4v) is 8.44. The number of ether oxygens (including phenoxy) is 2. The molecule has 4 N–H and O–H groups in total. The van der Waals surface area contributed by atoms with Crippen LogP contribution >= 0.6 is 0 Å². The molecule has 8 aromatic carbocycles. The van der Waals surface area contributed by atoms with E-state index in [-0.39, 0.29) is 12.8 Å². The Morgan fingerprint density at radius 3 is 1.09 bits per heavy atom. The number of carbonyl (C=O) groups excluding carboxylic acids is 4. The van der Waals surface area contributed by atoms with Crippen molar-refractivity contribution in [1.82, 2.24) is 21.3 Å². The van der Waals surface area contributed by atoms with E-state index in [9.17, 15) is 19.2 Å². The van der Waals surface area contributed by atoms with Crippen LogP contribution in [0, 0.1) is 0 Å². The third-order valence-electron chi connectivity index (χ3n) is 11.2. The van der Waals surface area contributed by atoms with Gasteiger partial charge in [-0.3, -0.25) is 0 Å². The average Bonchev–Trinajstić information content (AvgIpc) is 3.24. The average molecular weight is 775 g/mol. The lowest BCUT2D eigenvalue weighted by Gasteiger charge is -2.19. The maximum atomic E-state index is 12.8. The Morgan fingerprint density at radius 1 is 0.448 bits per heavy atom. The minimum absolute atomic E-state index is 0.289. The van der Waals surface area contributed by atoms with E-state index in [1.165, 1.54) is 57.3 Å². The Balaban J connectivity index is 0.772. The van der Waals surface area contributed by atoms with Gasteiger partial charge < -0.3 is 30.7 Å². The van der Waals surface area contributed by atoms with E-state index in [1.807, 2.05) is 0 Å². The molecular formula is C48H46N4O6. The van der Waals surface area contributed by atoms with Crippen molar-refractivity contribution in [2.75, 3.05) is 27.3 Å². The zero-order valence-electron chi connectivity index (χ0n) is 32.7. The van der Waals surface area contributed by atoms with Crippen LogP contribution in [0.25, 0.3) is 64.6 Å². The van der Waals surface area contributed by atoms with Gasteiger partial charge in [0.15, 0.2) is 0 Å². The van der Waals surface area contributed by atoms with Gasteiger partial charge in [-0.1, -0.05) is 122 Å². The van der Waals surface area contributed by atoms with Gasteiger partial charge in [-0.25, -0.2) is 19.2 Å². The van der Waals surface area contributed by atoms with Gasteiger partial charge in [-0.15, -0.1) is 0 Å². The Morgan fingerprint density at radius 2 is 0.759 bits per heavy atom. The molecule has 10 heteroatoms. The number of benzene rings is 8. The largest absolute Gasteiger partial charge is 0.467 e. The molecule has 4 amide bonds. The first kappa shape index (κ1) is 38.2. The third kappa shape index (κ3) is 7.95. The molecule has 2 atom stereocenters. The first-order chi connectivity index (χ1) is 28.3. The van der Waals surface area contributed by atoms with Crippen LogP contribution < -0.4 is 21.3 Å². The monoisotopic (exact) mass is 774 g/mol. The van der Waals surface area contributed by atoms with Crippen molar-refractivity contribution in [1.29, 1.82) is 0 Å². The summed E-state index contributed by atoms with van der Waals surface area (Å²) in [6.45, 7) is 0.858. The minimum Gasteiger partial charge on any atom is -0.467 e. The lowest BCUT2D eigenvalue weighted by atomic mass is 9.91. The molecule has 0 heterocycles. The highest BCUT2D eigenvalue weighted by Gasteiger charge is 2.24. The molecule has 0 aliphatic rings. The molecule has 8 rings (SSSR count). The van der Waals surface area contributed by atoms with Gasteiger partial charge >= 0.3 is 24.0 Å². The lowest BCUT2D eigenvalue weighted by Crippen LogP contribution is -2.47. The molecule has 8 aromatic rings. The van der Waals surface area contributed by atoms with E-state index >= 15 is 0 Å². The Bertz CT molecular complexity index is 2460. The maximum Gasteiger partial charge on any atom is 0.328 e. The zero-order valence-corrected chi connectivity index (χ0v) is 32.7. The second kappa shape index (κ2) is 16.8. The van der Waals surface area contributed by atoms with Crippen molar-refractivity contribution in [3.63, 3.8) is 0 Å². The molecule has 0 aliphatic heterocycles. The molecule has 0 spiro atoms. The number of methoxy groups -OCH3 is 2. The van der Waals surface area contributed by atoms with Gasteiger partial charge in [-0.05, 0) is 88.6 Å². The molecular weight excluding hydrogens is 729 g/mol. The number of unbranched alkanes of at least 4 members (excludes halogenated alkanes) is 3. The number of hydrogen-bond donors (Lipinski definition) is 4. The molecule has 0 bridgehead atoms. The fourth-order valence-electron chi connectivity index (χ4n) is 8.44. The van der Waals surface area contributed by atoms with E-state index < -0.39 is 36.1 Å². The van der Waals surface area contributed by atoms with Crippen LogP contribution in [-0.4, -0.2) is 63.4 Å². The fraction of sp³-hybridized carbons (Fsp3) is 0.250. The topological polar surface area (TPSA) is 135 Å². The maximum absolute atomic E-state index is 12.8. The van der Waals surface area contributed by atoms with Crippen molar-refractivity contribution in [3.8, 4) is 0 Å². The van der Waals surface area contributed by atoms with Crippen LogP contribution in [0.3, 0.4) is 0 Å². The Kier molecular flexibility index (Phi) is 11.1. The number of hydrogen-bond acceptors (Lipinski definition) is 6. The summed E-state index contributed by atoms with van der Waals surface area (Å²) in [5.74, 6) is -1.02. The van der Waals surface area contributed by atoms with Gasteiger partial charge in [0.1, 0.15) is 12.1 Å². The first-order valence-electron chi connectivity index (χ1n) is 19.9. The number of rotatable bonds is 15. The second-order valence-electron chi connectivity index (χ2n) is 15.0. The van der Waals surface area contributed by atoms with E-state index in [4.69, 9.17) is 9.47 Å². The van der Waals surface area contributed by atoms with E-state index in [1.54, 1.807) is 0 Å². The predicted molar refractivity (Wildman–Crippen MR) is 231 cm³/mol. The zero-order chi connectivity index (χ0) is 40.2. The summed E-state index contributed by atoms with van der Waals surface area (Å²) < 4.78 is 10.1. The summed E-state index contributed by atoms with van der Waals surface area (Å²) in [6, 6.07) is 35.2. The summed E-state index contributed by atoms with van der Waals surface area (Å²) >= 11 is 0. The highest BCUT2D eigenvalue weighted by atomic mass is 16.5. The van der Waals surface area contributed by atoms with Gasteiger partial charge in [0, 0.05) is 25.9 Å². The molecule has 10 nitrogen and oxygen atoms in total. The molecule has 294 valence electrons. The molecule has 0 radical (unpaired) electrons. The van der Waals surface area contributed by atoms with Crippen LogP contribution in [0.5, 0.6) is 0 Å². The van der Waals surface area contributed by atoms with Crippen molar-refractivity contribution < 1.29 is 28.7 Å². The smallest absolute Gasteiger partial charge is 0.328 e. The summed E-state index contributed by atoms with van der Waals surface area (Å²) in [5, 5.41) is 25.2. The third-order valence-corrected chi connectivity index (χ3v) is 11.2. The number of nitrogens with one attached hydrogen (secondary N) is 4. The van der Waals surface area contributed by atoms with Crippen molar-refractivity contribution in [2.45, 2.75) is 50.6 Å². The normalized spacial score (nSPS) is 12.7. The molecule has 0 fully saturated rings. The molecule has 0 saturated heterocycles. The van der Waals surface area contributed by atoms with Gasteiger partial charge in [-0.2, -0.15) is 0 Å². The molecule has 0 aromatic heterocycles. The summed E-state index contributed by atoms with van der Waals surface area (Å²) in [4.78, 5) is 51.2. The van der Waals surface area contributed by atoms with Crippen LogP contribution in [-0.2, 0) is 31.9 Å². The quantitative estimate of drug-likeness (QED) is 0.0469.